The lowest BCUT2D eigenvalue weighted by molar-refractivity contribution is -0.124. The first-order valence-corrected chi connectivity index (χ1v) is 12.6. The fraction of sp³-hybridized carbons (Fsp3) is 0.464. The summed E-state index contributed by atoms with van der Waals surface area (Å²) in [5, 5.41) is 12.8. The molecule has 0 radical (unpaired) electrons. The van der Waals surface area contributed by atoms with Crippen LogP contribution in [0.1, 0.15) is 55.7 Å². The molecule has 2 heterocycles. The van der Waals surface area contributed by atoms with Gasteiger partial charge < -0.3 is 4.90 Å². The topological polar surface area (TPSA) is 71.7 Å². The van der Waals surface area contributed by atoms with Crippen LogP contribution < -0.4 is 5.32 Å². The second kappa shape index (κ2) is 9.99. The molecule has 2 aliphatic heterocycles. The number of hydrogen-bond acceptors (Lipinski definition) is 5. The molecule has 1 aliphatic carbocycles. The van der Waals surface area contributed by atoms with E-state index in [0.29, 0.717) is 5.96 Å². The average molecular weight is 456 g/mol. The second-order valence-corrected chi connectivity index (χ2v) is 9.75. The van der Waals surface area contributed by atoms with Gasteiger partial charge in [-0.05, 0) is 24.0 Å². The molecular formula is C28H33N5O. The fourth-order valence-electron chi connectivity index (χ4n) is 5.88. The third-order valence-electron chi connectivity index (χ3n) is 7.67. The van der Waals surface area contributed by atoms with Gasteiger partial charge in [0, 0.05) is 26.2 Å². The van der Waals surface area contributed by atoms with Gasteiger partial charge in [-0.25, -0.2) is 4.99 Å². The number of amides is 1. The molecule has 1 saturated heterocycles. The lowest BCUT2D eigenvalue weighted by Gasteiger charge is -2.44. The van der Waals surface area contributed by atoms with E-state index in [1.165, 1.54) is 11.1 Å². The Balaban J connectivity index is 1.36. The zero-order chi connectivity index (χ0) is 23.4. The zero-order valence-corrected chi connectivity index (χ0v) is 19.7. The molecule has 0 bridgehead atoms. The van der Waals surface area contributed by atoms with Crippen LogP contribution in [0.25, 0.3) is 0 Å². The van der Waals surface area contributed by atoms with Crippen LogP contribution in [0, 0.1) is 17.2 Å². The first kappa shape index (κ1) is 22.6. The van der Waals surface area contributed by atoms with Crippen molar-refractivity contribution in [1.82, 2.24) is 15.1 Å². The highest BCUT2D eigenvalue weighted by Gasteiger charge is 2.47. The molecule has 2 aromatic rings. The third kappa shape index (κ3) is 4.45. The Morgan fingerprint density at radius 2 is 1.44 bits per heavy atom. The molecule has 0 aromatic heterocycles. The number of guanidine groups is 1. The smallest absolute Gasteiger partial charge is 0.246 e. The predicted octanol–water partition coefficient (Wildman–Crippen LogP) is 4.11. The SMILES string of the molecule is N#C[C@@H]1C(=O)NC(N2CCN(C(c3ccccc3)c3ccccc3)CC2)=NC12CCCCCC2. The fourth-order valence-corrected chi connectivity index (χ4v) is 5.88. The highest BCUT2D eigenvalue weighted by molar-refractivity contribution is 6.02. The van der Waals surface area contributed by atoms with Gasteiger partial charge >= 0.3 is 0 Å². The maximum atomic E-state index is 13.0. The number of nitrogens with one attached hydrogen (secondary N) is 1. The summed E-state index contributed by atoms with van der Waals surface area (Å²) in [6, 6.07) is 23.8. The first-order valence-electron chi connectivity index (χ1n) is 12.6. The minimum Gasteiger partial charge on any atom is -0.340 e. The lowest BCUT2D eigenvalue weighted by atomic mass is 9.77. The molecule has 5 rings (SSSR count). The normalized spacial score (nSPS) is 23.2. The summed E-state index contributed by atoms with van der Waals surface area (Å²) in [4.78, 5) is 22.8. The van der Waals surface area contributed by atoms with E-state index in [1.807, 2.05) is 0 Å². The molecule has 1 amide bonds. The van der Waals surface area contributed by atoms with Crippen molar-refractivity contribution in [3.8, 4) is 6.07 Å². The summed E-state index contributed by atoms with van der Waals surface area (Å²) in [7, 11) is 0. The summed E-state index contributed by atoms with van der Waals surface area (Å²) in [5.74, 6) is -0.187. The number of rotatable bonds is 3. The van der Waals surface area contributed by atoms with Crippen molar-refractivity contribution < 1.29 is 4.79 Å². The number of hydrogen-bond donors (Lipinski definition) is 1. The molecular weight excluding hydrogens is 422 g/mol. The minimum absolute atomic E-state index is 0.178. The Kier molecular flexibility index (Phi) is 6.64. The molecule has 176 valence electrons. The van der Waals surface area contributed by atoms with Crippen LogP contribution in [0.15, 0.2) is 65.7 Å². The lowest BCUT2D eigenvalue weighted by Crippen LogP contribution is -2.60. The van der Waals surface area contributed by atoms with Crippen LogP contribution in [0.3, 0.4) is 0 Å². The standard InChI is InChI=1S/C28H33N5O/c29-21-24-26(34)30-27(31-28(24)15-9-1-2-10-16-28)33-19-17-32(18-20-33)25(22-11-5-3-6-12-22)23-13-7-4-8-14-23/h3-8,11-14,24-25H,1-2,9-10,15-20H2,(H,30,31,34)/t24-/m1/s1. The van der Waals surface area contributed by atoms with E-state index in [4.69, 9.17) is 4.99 Å². The van der Waals surface area contributed by atoms with Gasteiger partial charge in [-0.15, -0.1) is 0 Å². The van der Waals surface area contributed by atoms with Crippen molar-refractivity contribution in [1.29, 1.82) is 5.26 Å². The number of piperazine rings is 1. The van der Waals surface area contributed by atoms with E-state index >= 15 is 0 Å². The molecule has 6 heteroatoms. The number of carbonyl (C=O) groups excluding carboxylic acids is 1. The van der Waals surface area contributed by atoms with Gasteiger partial charge in [0.05, 0.1) is 17.6 Å². The van der Waals surface area contributed by atoms with Gasteiger partial charge in [0.25, 0.3) is 0 Å². The zero-order valence-electron chi connectivity index (χ0n) is 19.7. The van der Waals surface area contributed by atoms with Gasteiger partial charge in [-0.3, -0.25) is 15.0 Å². The van der Waals surface area contributed by atoms with Crippen LogP contribution in [0.4, 0.5) is 0 Å². The van der Waals surface area contributed by atoms with E-state index < -0.39 is 11.5 Å². The van der Waals surface area contributed by atoms with Gasteiger partial charge in [0.1, 0.15) is 0 Å². The minimum atomic E-state index is -0.684. The molecule has 1 atom stereocenters. The van der Waals surface area contributed by atoms with Crippen molar-refractivity contribution >= 4 is 11.9 Å². The van der Waals surface area contributed by atoms with Crippen molar-refractivity contribution in [2.45, 2.75) is 50.1 Å². The van der Waals surface area contributed by atoms with Crippen LogP contribution in [0.2, 0.25) is 0 Å². The largest absolute Gasteiger partial charge is 0.340 e. The van der Waals surface area contributed by atoms with Crippen molar-refractivity contribution in [3.05, 3.63) is 71.8 Å². The number of benzene rings is 2. The molecule has 2 fully saturated rings. The van der Waals surface area contributed by atoms with Crippen LogP contribution in [0.5, 0.6) is 0 Å². The summed E-state index contributed by atoms with van der Waals surface area (Å²) < 4.78 is 0. The maximum Gasteiger partial charge on any atom is 0.246 e. The number of nitriles is 1. The van der Waals surface area contributed by atoms with Gasteiger partial charge in [0.2, 0.25) is 11.9 Å². The molecule has 6 nitrogen and oxygen atoms in total. The summed E-state index contributed by atoms with van der Waals surface area (Å²) in [6.45, 7) is 3.33. The summed E-state index contributed by atoms with van der Waals surface area (Å²) >= 11 is 0. The van der Waals surface area contributed by atoms with Crippen molar-refractivity contribution in [3.63, 3.8) is 0 Å². The van der Waals surface area contributed by atoms with Crippen molar-refractivity contribution in [2.24, 2.45) is 10.9 Å². The van der Waals surface area contributed by atoms with E-state index in [2.05, 4.69) is 81.8 Å². The van der Waals surface area contributed by atoms with Gasteiger partial charge in [-0.1, -0.05) is 86.3 Å². The summed E-state index contributed by atoms with van der Waals surface area (Å²) in [5.41, 5.74) is 2.02. The van der Waals surface area contributed by atoms with Gasteiger partial charge in [0.15, 0.2) is 5.92 Å². The third-order valence-corrected chi connectivity index (χ3v) is 7.67. The number of aliphatic imine (C=N–C) groups is 1. The van der Waals surface area contributed by atoms with Crippen molar-refractivity contribution in [2.75, 3.05) is 26.2 Å². The molecule has 2 aromatic carbocycles. The Morgan fingerprint density at radius 3 is 1.97 bits per heavy atom. The average Bonchev–Trinajstić information content (AvgIpc) is 3.11. The van der Waals surface area contributed by atoms with E-state index in [-0.39, 0.29) is 11.9 Å². The molecule has 0 unspecified atom stereocenters. The van der Waals surface area contributed by atoms with E-state index in [9.17, 15) is 10.1 Å². The molecule has 1 N–H and O–H groups in total. The maximum absolute atomic E-state index is 13.0. The number of nitrogens with zero attached hydrogens (tertiary/aromatic N) is 4. The Bertz CT molecular complexity index is 1010. The van der Waals surface area contributed by atoms with E-state index in [1.54, 1.807) is 0 Å². The molecule has 3 aliphatic rings. The van der Waals surface area contributed by atoms with E-state index in [0.717, 1.165) is 64.7 Å². The summed E-state index contributed by atoms with van der Waals surface area (Å²) in [6.07, 6.45) is 6.03. The Morgan fingerprint density at radius 1 is 0.882 bits per heavy atom. The Hall–Kier alpha value is -3.17. The molecule has 1 saturated carbocycles. The highest BCUT2D eigenvalue weighted by atomic mass is 16.2. The van der Waals surface area contributed by atoms with Crippen LogP contribution in [-0.4, -0.2) is 53.4 Å². The first-order chi connectivity index (χ1) is 16.7. The Labute approximate surface area is 202 Å². The number of carbonyl (C=O) groups is 1. The monoisotopic (exact) mass is 455 g/mol. The second-order valence-electron chi connectivity index (χ2n) is 9.75. The predicted molar refractivity (Wildman–Crippen MR) is 133 cm³/mol. The van der Waals surface area contributed by atoms with Crippen LogP contribution in [-0.2, 0) is 4.79 Å². The highest BCUT2D eigenvalue weighted by Crippen LogP contribution is 2.39. The van der Waals surface area contributed by atoms with Gasteiger partial charge in [-0.2, -0.15) is 5.26 Å². The van der Waals surface area contributed by atoms with Crippen LogP contribution >= 0.6 is 0 Å². The quantitative estimate of drug-likeness (QED) is 0.756. The molecule has 34 heavy (non-hydrogen) atoms. The molecule has 1 spiro atoms.